The number of amides is 2. The van der Waals surface area contributed by atoms with Crippen molar-refractivity contribution >= 4 is 128 Å². The summed E-state index contributed by atoms with van der Waals surface area (Å²) in [5, 5.41) is 24.8. The summed E-state index contributed by atoms with van der Waals surface area (Å²) in [7, 11) is 0. The number of rotatable bonds is 23. The number of hydrogen-bond acceptors (Lipinski definition) is 27. The quantitative estimate of drug-likeness (QED) is 0.0155. The number of carbonyl (C=O) groups is 19. The van der Waals surface area contributed by atoms with Crippen LogP contribution in [0.1, 0.15) is 260 Å². The smallest absolute Gasteiger partial charge is 0.411 e. The second-order valence-corrected chi connectivity index (χ2v) is 27.7. The maximum Gasteiger partial charge on any atom is 0.411 e. The van der Waals surface area contributed by atoms with Crippen molar-refractivity contribution in [3.05, 3.63) is 177 Å². The Labute approximate surface area is 687 Å². The van der Waals surface area contributed by atoms with Crippen molar-refractivity contribution in [1.29, 1.82) is 0 Å². The Hall–Kier alpha value is -12.1. The first kappa shape index (κ1) is 107. The molecule has 5 aromatic carbocycles. The van der Waals surface area contributed by atoms with Gasteiger partial charge < -0.3 is 54.6 Å². The summed E-state index contributed by atoms with van der Waals surface area (Å²) in [5.74, 6) is -7.85. The Morgan fingerprint density at radius 1 is 0.402 bits per heavy atom. The van der Waals surface area contributed by atoms with Gasteiger partial charge in [-0.05, 0) is 149 Å². The molecule has 2 saturated heterocycles. The summed E-state index contributed by atoms with van der Waals surface area (Å²) in [6.45, 7) is 30.0. The number of aromatic carboxylic acids is 1. The first-order chi connectivity index (χ1) is 54.0. The number of nitrogens with zero attached hydrogens (tertiary/aromatic N) is 2. The fourth-order valence-corrected chi connectivity index (χ4v) is 9.82. The van der Waals surface area contributed by atoms with Gasteiger partial charge in [0.2, 0.25) is 5.78 Å². The maximum atomic E-state index is 12.9. The Morgan fingerprint density at radius 3 is 0.966 bits per heavy atom. The van der Waals surface area contributed by atoms with E-state index in [2.05, 4.69) is 25.4 Å². The van der Waals surface area contributed by atoms with E-state index in [1.807, 2.05) is 0 Å². The highest BCUT2D eigenvalue weighted by Crippen LogP contribution is 2.25. The molecule has 6 N–H and O–H groups in total. The molecule has 638 valence electrons. The fraction of sp³-hybridized carbons (Fsp3) is 0.417. The first-order valence-corrected chi connectivity index (χ1v) is 37.2. The van der Waals surface area contributed by atoms with Crippen LogP contribution in [0.25, 0.3) is 0 Å². The molecule has 0 aromatic heterocycles. The Kier molecular flexibility index (Phi) is 49.2. The van der Waals surface area contributed by atoms with Gasteiger partial charge in [-0.15, -0.1) is 0 Å². The Morgan fingerprint density at radius 2 is 0.684 bits per heavy atom. The molecule has 2 aliphatic rings. The summed E-state index contributed by atoms with van der Waals surface area (Å²) >= 11 is 3.00. The zero-order valence-electron chi connectivity index (χ0n) is 69.1. The number of carboxylic acid groups (broad SMARTS) is 3. The number of esters is 5. The zero-order chi connectivity index (χ0) is 89.1. The van der Waals surface area contributed by atoms with Crippen LogP contribution >= 0.6 is 15.9 Å². The topological polar surface area (TPSA) is 491 Å². The van der Waals surface area contributed by atoms with E-state index in [4.69, 9.17) is 43.8 Å². The van der Waals surface area contributed by atoms with E-state index in [1.165, 1.54) is 131 Å². The largest absolute Gasteiger partial charge is 0.481 e. The lowest BCUT2D eigenvalue weighted by Gasteiger charge is -2.28. The monoisotopic (exact) mass is 1700 g/mol. The van der Waals surface area contributed by atoms with Crippen molar-refractivity contribution in [2.24, 2.45) is 0 Å². The number of halogens is 1. The number of ether oxygens (including phenoxy) is 7. The van der Waals surface area contributed by atoms with Crippen LogP contribution in [-0.4, -0.2) is 211 Å². The molecule has 5 aromatic rings. The minimum atomic E-state index is -1.83. The van der Waals surface area contributed by atoms with Crippen molar-refractivity contribution in [3.8, 4) is 0 Å². The molecule has 7 rings (SSSR count). The van der Waals surface area contributed by atoms with Gasteiger partial charge in [0.1, 0.15) is 29.7 Å². The van der Waals surface area contributed by atoms with E-state index in [1.54, 1.807) is 118 Å². The molecule has 2 heterocycles. The molecule has 0 spiro atoms. The number of aliphatic carboxylic acids is 2. The molecule has 0 bridgehead atoms. The third kappa shape index (κ3) is 42.2. The zero-order valence-corrected chi connectivity index (χ0v) is 70.7. The third-order valence-corrected chi connectivity index (χ3v) is 15.8. The Balaban J connectivity index is 0. The normalized spacial score (nSPS) is 13.1. The number of likely N-dealkylation sites (tertiary alicyclic amines) is 2. The number of benzene rings is 5. The molecule has 0 saturated carbocycles. The van der Waals surface area contributed by atoms with Gasteiger partial charge in [0.15, 0.2) is 51.1 Å². The molecule has 2 amide bonds. The standard InChI is InChI=1S/C23H29NO8.C13H13BrO4.C13H14O4.C10H17NO4.C10H10O2.C9H8O3.C4H8O2.C2H4O2.H3N/c1-6-30-21(28)19(18(26)16-11-9-15(10-12-16)14(2)25)31-20(27)17-8-7-13-24(17)22(29)32-23(3,4)5;1-3-18-13(17)11(14)12(16)10-6-4-9(5-7-10)8(2)15;1-3-17-13(16)8-12(15)11-6-4-10(5-7-11)9(2)14;1-10(2,3)15-9(14)11-6-4-5-7(11)8(12)13;1-7(11)9-3-5-10(6-4-9)8(2)12;1-6(10)7-2-4-8(5-3-7)9(11)12;1-3-6-4(2)5;1-2(3)4;/h9-12,17,19H,6-8,13H2,1-5H3;4-7,11H,3H2,1-2H3;4-7H,3,8H2,1-2H3;7H,4-6H2,1-3H3,(H,12,13);3-6H,1-2H3;2-5H,1H3,(H,11,12);3H2,1-2H3;1H3,(H,3,4);1H3/t17-,19?;;;7-;;;;;/m0..0...../s1. The van der Waals surface area contributed by atoms with Crippen LogP contribution in [0.3, 0.4) is 0 Å². The van der Waals surface area contributed by atoms with Crippen LogP contribution in [-0.2, 0) is 66.7 Å². The van der Waals surface area contributed by atoms with E-state index in [9.17, 15) is 86.3 Å². The van der Waals surface area contributed by atoms with Gasteiger partial charge in [-0.25, -0.2) is 28.8 Å². The van der Waals surface area contributed by atoms with Crippen molar-refractivity contribution in [2.45, 2.75) is 191 Å². The SMILES string of the molecule is CC(=O)O.CC(=O)c1ccc(C(=O)O)cc1.CC(=O)c1ccc(C(C)=O)cc1.CC(C)(C)OC(=O)N1CCC[C@H]1C(=O)O.CCOC(=O)C(Br)C(=O)c1ccc(C(C)=O)cc1.CCOC(=O)C(OC(=O)[C@@H]1CCCN1C(=O)OC(C)(C)C)C(=O)c1ccc(C(C)=O)cc1.CCOC(=O)CC(=O)c1ccc(C(C)=O)cc1.CCOC(C)=O.N. The highest BCUT2D eigenvalue weighted by atomic mass is 79.9. The van der Waals surface area contributed by atoms with Crippen molar-refractivity contribution in [1.82, 2.24) is 16.0 Å². The van der Waals surface area contributed by atoms with Crippen LogP contribution in [0.5, 0.6) is 0 Å². The lowest BCUT2D eigenvalue weighted by atomic mass is 10.0. The van der Waals surface area contributed by atoms with Crippen LogP contribution in [0.2, 0.25) is 0 Å². The minimum absolute atomic E-state index is 0. The molecular formula is C84H106BrN3O29. The molecule has 4 atom stereocenters. The van der Waals surface area contributed by atoms with Gasteiger partial charge in [0.05, 0.1) is 32.0 Å². The molecule has 0 aliphatic carbocycles. The van der Waals surface area contributed by atoms with Gasteiger partial charge in [-0.1, -0.05) is 125 Å². The van der Waals surface area contributed by atoms with E-state index < -0.39 is 94.0 Å². The maximum absolute atomic E-state index is 12.9. The second-order valence-electron chi connectivity index (χ2n) is 26.8. The number of Topliss-reactive ketones (excluding diaryl/α,β-unsaturated/α-hetero) is 9. The molecule has 2 aliphatic heterocycles. The molecule has 33 heteroatoms. The lowest BCUT2D eigenvalue weighted by molar-refractivity contribution is -0.166. The van der Waals surface area contributed by atoms with E-state index >= 15 is 0 Å². The second kappa shape index (κ2) is 53.8. The highest BCUT2D eigenvalue weighted by Gasteiger charge is 2.42. The molecule has 2 unspecified atom stereocenters. The van der Waals surface area contributed by atoms with Crippen LogP contribution in [0, 0.1) is 0 Å². The summed E-state index contributed by atoms with van der Waals surface area (Å²) < 4.78 is 34.5. The van der Waals surface area contributed by atoms with E-state index in [-0.39, 0.29) is 95.8 Å². The van der Waals surface area contributed by atoms with Gasteiger partial charge >= 0.3 is 54.0 Å². The first-order valence-electron chi connectivity index (χ1n) is 36.3. The summed E-state index contributed by atoms with van der Waals surface area (Å²) in [4.78, 5) is 216. The predicted octanol–water partition coefficient (Wildman–Crippen LogP) is 13.3. The van der Waals surface area contributed by atoms with Gasteiger partial charge in [0.25, 0.3) is 12.1 Å². The highest BCUT2D eigenvalue weighted by molar-refractivity contribution is 9.10. The van der Waals surface area contributed by atoms with Crippen molar-refractivity contribution < 1.29 is 140 Å². The van der Waals surface area contributed by atoms with Gasteiger partial charge in [-0.2, -0.15) is 0 Å². The van der Waals surface area contributed by atoms with E-state index in [0.717, 1.165) is 13.3 Å². The summed E-state index contributed by atoms with van der Waals surface area (Å²) in [5.41, 5.74) is 2.97. The fourth-order valence-electron chi connectivity index (χ4n) is 9.42. The average molecular weight is 1700 g/mol. The van der Waals surface area contributed by atoms with Crippen LogP contribution in [0.15, 0.2) is 121 Å². The van der Waals surface area contributed by atoms with Crippen molar-refractivity contribution in [3.63, 3.8) is 0 Å². The molecule has 117 heavy (non-hydrogen) atoms. The lowest BCUT2D eigenvalue weighted by Crippen LogP contribution is -2.46. The van der Waals surface area contributed by atoms with Crippen molar-refractivity contribution in [2.75, 3.05) is 39.5 Å². The number of carboxylic acids is 3. The predicted molar refractivity (Wildman–Crippen MR) is 429 cm³/mol. The number of alkyl halides is 1. The molecule has 2 fully saturated rings. The third-order valence-electron chi connectivity index (χ3n) is 15.0. The van der Waals surface area contributed by atoms with E-state index in [0.29, 0.717) is 83.5 Å². The molecule has 32 nitrogen and oxygen atoms in total. The number of carbonyl (C=O) groups excluding carboxylic acids is 16. The number of ketones is 9. The van der Waals surface area contributed by atoms with Crippen LogP contribution < -0.4 is 6.15 Å². The summed E-state index contributed by atoms with van der Waals surface area (Å²) in [6, 6.07) is 28.8. The van der Waals surface area contributed by atoms with Crippen LogP contribution in [0.4, 0.5) is 9.59 Å². The Bertz CT molecular complexity index is 4100. The average Bonchev–Trinajstić information content (AvgIpc) is 1.78. The van der Waals surface area contributed by atoms with Gasteiger partial charge in [0, 0.05) is 77.0 Å². The summed E-state index contributed by atoms with van der Waals surface area (Å²) in [6.07, 6.45) is -1.22. The van der Waals surface area contributed by atoms with Gasteiger partial charge in [-0.3, -0.25) is 72.1 Å². The number of hydrogen-bond donors (Lipinski definition) is 4. The molecular weight excluding hydrogens is 1590 g/mol. The minimum Gasteiger partial charge on any atom is -0.481 e. The molecule has 0 radical (unpaired) electrons.